The minimum atomic E-state index is -1.71. The van der Waals surface area contributed by atoms with Gasteiger partial charge in [0.2, 0.25) is 0 Å². The maximum Gasteiger partial charge on any atom is 0.186 e. The van der Waals surface area contributed by atoms with E-state index in [-0.39, 0.29) is 0 Å². The molecule has 0 aliphatic carbocycles. The van der Waals surface area contributed by atoms with Crippen LogP contribution in [-0.2, 0) is 4.43 Å². The smallest absolute Gasteiger partial charge is 0.186 e. The number of rotatable bonds is 4. The van der Waals surface area contributed by atoms with Crippen LogP contribution in [0.1, 0.15) is 11.0 Å². The van der Waals surface area contributed by atoms with Crippen molar-refractivity contribution in [2.75, 3.05) is 0 Å². The van der Waals surface area contributed by atoms with Gasteiger partial charge in [-0.05, 0) is 37.3 Å². The summed E-state index contributed by atoms with van der Waals surface area (Å²) in [5.74, 6) is 0. The van der Waals surface area contributed by atoms with Gasteiger partial charge in [-0.2, -0.15) is 5.26 Å². The number of nitrogens with zero attached hydrogens (tertiary/aromatic N) is 1. The van der Waals surface area contributed by atoms with Crippen LogP contribution in [0, 0.1) is 11.3 Å². The van der Waals surface area contributed by atoms with Crippen LogP contribution in [0.5, 0.6) is 0 Å². The van der Waals surface area contributed by atoms with Crippen LogP contribution in [0.15, 0.2) is 42.5 Å². The van der Waals surface area contributed by atoms with Crippen LogP contribution in [0.2, 0.25) is 19.6 Å². The Bertz CT molecular complexity index is 580. The van der Waals surface area contributed by atoms with Crippen LogP contribution < -0.4 is 0 Å². The van der Waals surface area contributed by atoms with Crippen molar-refractivity contribution < 1.29 is 4.43 Å². The van der Waals surface area contributed by atoms with Gasteiger partial charge in [-0.1, -0.05) is 30.3 Å². The first-order chi connectivity index (χ1) is 8.99. The SMILES string of the molecule is C[Si](C)(C)OC(C#N)c1ccc(-c2ccccc2)s1. The predicted molar refractivity (Wildman–Crippen MR) is 82.5 cm³/mol. The first-order valence-corrected chi connectivity index (χ1v) is 10.4. The van der Waals surface area contributed by atoms with Crippen LogP contribution in [0.3, 0.4) is 0 Å². The van der Waals surface area contributed by atoms with E-state index in [9.17, 15) is 5.26 Å². The van der Waals surface area contributed by atoms with E-state index in [1.54, 1.807) is 11.3 Å². The van der Waals surface area contributed by atoms with Gasteiger partial charge >= 0.3 is 0 Å². The number of benzene rings is 1. The summed E-state index contributed by atoms with van der Waals surface area (Å²) >= 11 is 1.63. The molecule has 1 atom stereocenters. The molecule has 4 heteroatoms. The summed E-state index contributed by atoms with van der Waals surface area (Å²) in [6, 6.07) is 16.5. The second kappa shape index (κ2) is 5.70. The van der Waals surface area contributed by atoms with Crippen LogP contribution in [-0.4, -0.2) is 8.32 Å². The maximum atomic E-state index is 9.28. The highest BCUT2D eigenvalue weighted by molar-refractivity contribution is 7.15. The third kappa shape index (κ3) is 3.77. The van der Waals surface area contributed by atoms with Crippen molar-refractivity contribution in [1.29, 1.82) is 5.26 Å². The number of hydrogen-bond donors (Lipinski definition) is 0. The van der Waals surface area contributed by atoms with Crippen LogP contribution in [0.4, 0.5) is 0 Å². The molecule has 0 spiro atoms. The van der Waals surface area contributed by atoms with Crippen LogP contribution in [0.25, 0.3) is 10.4 Å². The van der Waals surface area contributed by atoms with E-state index in [4.69, 9.17) is 4.43 Å². The lowest BCUT2D eigenvalue weighted by molar-refractivity contribution is 0.259. The third-order valence-corrected chi connectivity index (χ3v) is 4.65. The van der Waals surface area contributed by atoms with Crippen molar-refractivity contribution in [3.63, 3.8) is 0 Å². The molecular formula is C15H17NOSSi. The Morgan fingerprint density at radius 2 is 1.79 bits per heavy atom. The summed E-state index contributed by atoms with van der Waals surface area (Å²) < 4.78 is 5.91. The van der Waals surface area contributed by atoms with Crippen molar-refractivity contribution in [2.45, 2.75) is 25.7 Å². The molecule has 0 fully saturated rings. The van der Waals surface area contributed by atoms with Gasteiger partial charge in [0.1, 0.15) is 0 Å². The van der Waals surface area contributed by atoms with E-state index < -0.39 is 14.4 Å². The fraction of sp³-hybridized carbons (Fsp3) is 0.267. The highest BCUT2D eigenvalue weighted by Gasteiger charge is 2.23. The number of thiophene rings is 1. The Balaban J connectivity index is 2.23. The zero-order valence-electron chi connectivity index (χ0n) is 11.4. The Hall–Kier alpha value is -1.41. The largest absolute Gasteiger partial charge is 0.398 e. The second-order valence-electron chi connectivity index (χ2n) is 5.31. The van der Waals surface area contributed by atoms with E-state index in [0.29, 0.717) is 0 Å². The fourth-order valence-electron chi connectivity index (χ4n) is 1.75. The van der Waals surface area contributed by atoms with Crippen molar-refractivity contribution in [1.82, 2.24) is 0 Å². The lowest BCUT2D eigenvalue weighted by Crippen LogP contribution is -2.27. The van der Waals surface area contributed by atoms with E-state index in [1.165, 1.54) is 10.4 Å². The van der Waals surface area contributed by atoms with Crippen molar-refractivity contribution in [3.8, 4) is 16.5 Å². The van der Waals surface area contributed by atoms with Gasteiger partial charge in [0.05, 0.1) is 6.07 Å². The molecule has 0 saturated carbocycles. The molecule has 0 radical (unpaired) electrons. The Kier molecular flexibility index (Phi) is 4.20. The molecule has 0 aliphatic rings. The van der Waals surface area contributed by atoms with Gasteiger partial charge in [0.25, 0.3) is 0 Å². The van der Waals surface area contributed by atoms with E-state index in [2.05, 4.69) is 43.9 Å². The van der Waals surface area contributed by atoms with Crippen molar-refractivity contribution in [3.05, 3.63) is 47.3 Å². The summed E-state index contributed by atoms with van der Waals surface area (Å²) in [7, 11) is -1.71. The third-order valence-electron chi connectivity index (χ3n) is 2.53. The van der Waals surface area contributed by atoms with Crippen molar-refractivity contribution in [2.24, 2.45) is 0 Å². The lowest BCUT2D eigenvalue weighted by atomic mass is 10.2. The average molecular weight is 287 g/mol. The summed E-state index contributed by atoms with van der Waals surface area (Å²) in [5.41, 5.74) is 1.18. The summed E-state index contributed by atoms with van der Waals surface area (Å²) in [6.07, 6.45) is -0.436. The van der Waals surface area contributed by atoms with Gasteiger partial charge < -0.3 is 4.43 Å². The molecule has 1 unspecified atom stereocenters. The van der Waals surface area contributed by atoms with E-state index in [0.717, 1.165) is 4.88 Å². The molecular weight excluding hydrogens is 270 g/mol. The molecule has 1 heterocycles. The second-order valence-corrected chi connectivity index (χ2v) is 10.9. The standard InChI is InChI=1S/C15H17NOSSi/c1-19(2,3)17-13(11-16)15-10-9-14(18-15)12-7-5-4-6-8-12/h4-10,13H,1-3H3. The summed E-state index contributed by atoms with van der Waals surface area (Å²) in [5, 5.41) is 9.28. The first-order valence-electron chi connectivity index (χ1n) is 6.22. The van der Waals surface area contributed by atoms with Gasteiger partial charge in [0.15, 0.2) is 14.4 Å². The molecule has 2 aromatic rings. The Morgan fingerprint density at radius 3 is 2.37 bits per heavy atom. The quantitative estimate of drug-likeness (QED) is 0.754. The molecule has 0 bridgehead atoms. The highest BCUT2D eigenvalue weighted by Crippen LogP contribution is 2.33. The zero-order chi connectivity index (χ0) is 13.9. The minimum absolute atomic E-state index is 0.436. The Morgan fingerprint density at radius 1 is 1.11 bits per heavy atom. The van der Waals surface area contributed by atoms with Gasteiger partial charge in [-0.25, -0.2) is 0 Å². The predicted octanol–water partition coefficient (Wildman–Crippen LogP) is 4.83. The Labute approximate surface area is 119 Å². The zero-order valence-corrected chi connectivity index (χ0v) is 13.2. The molecule has 2 nitrogen and oxygen atoms in total. The molecule has 2 rings (SSSR count). The summed E-state index contributed by atoms with van der Waals surface area (Å²) in [6.45, 7) is 6.30. The molecule has 1 aromatic carbocycles. The van der Waals surface area contributed by atoms with Gasteiger partial charge in [0, 0.05) is 9.75 Å². The monoisotopic (exact) mass is 287 g/mol. The average Bonchev–Trinajstić information content (AvgIpc) is 2.85. The maximum absolute atomic E-state index is 9.28. The molecule has 0 amide bonds. The van der Waals surface area contributed by atoms with Crippen LogP contribution >= 0.6 is 11.3 Å². The van der Waals surface area contributed by atoms with E-state index in [1.807, 2.05) is 24.3 Å². The fourth-order valence-corrected chi connectivity index (χ4v) is 3.71. The molecule has 0 saturated heterocycles. The normalized spacial score (nSPS) is 12.9. The summed E-state index contributed by atoms with van der Waals surface area (Å²) in [4.78, 5) is 2.17. The van der Waals surface area contributed by atoms with Gasteiger partial charge in [-0.15, -0.1) is 11.3 Å². The molecule has 1 aromatic heterocycles. The molecule has 0 N–H and O–H groups in total. The van der Waals surface area contributed by atoms with Gasteiger partial charge in [-0.3, -0.25) is 0 Å². The van der Waals surface area contributed by atoms with E-state index >= 15 is 0 Å². The first kappa shape index (κ1) is 14.0. The number of hydrogen-bond acceptors (Lipinski definition) is 3. The minimum Gasteiger partial charge on any atom is -0.398 e. The topological polar surface area (TPSA) is 33.0 Å². The highest BCUT2D eigenvalue weighted by atomic mass is 32.1. The molecule has 0 aliphatic heterocycles. The van der Waals surface area contributed by atoms with Crippen molar-refractivity contribution >= 4 is 19.7 Å². The number of nitriles is 1. The lowest BCUT2D eigenvalue weighted by Gasteiger charge is -2.20. The molecule has 98 valence electrons. The molecule has 19 heavy (non-hydrogen) atoms.